The minimum absolute atomic E-state index is 0.0340. The van der Waals surface area contributed by atoms with Crippen LogP contribution in [-0.2, 0) is 0 Å². The van der Waals surface area contributed by atoms with Gasteiger partial charge in [0.05, 0.1) is 12.3 Å². The zero-order valence-corrected chi connectivity index (χ0v) is 15.0. The summed E-state index contributed by atoms with van der Waals surface area (Å²) < 4.78 is 0. The Morgan fingerprint density at radius 3 is 2.71 bits per heavy atom. The van der Waals surface area contributed by atoms with Gasteiger partial charge < -0.3 is 15.7 Å². The van der Waals surface area contributed by atoms with Crippen molar-refractivity contribution in [3.63, 3.8) is 0 Å². The van der Waals surface area contributed by atoms with E-state index >= 15 is 0 Å². The summed E-state index contributed by atoms with van der Waals surface area (Å²) in [5.41, 5.74) is 4.13. The smallest absolute Gasteiger partial charge is 0.225 e. The number of aromatic nitrogens is 2. The van der Waals surface area contributed by atoms with Gasteiger partial charge in [-0.2, -0.15) is 4.98 Å². The lowest BCUT2D eigenvalue weighted by atomic mass is 10.1. The Balaban J connectivity index is 1.94. The van der Waals surface area contributed by atoms with Gasteiger partial charge in [0.1, 0.15) is 5.82 Å². The molecular weight excluding hydrogens is 324 g/mol. The van der Waals surface area contributed by atoms with Crippen molar-refractivity contribution in [1.82, 2.24) is 9.97 Å². The maximum Gasteiger partial charge on any atom is 0.225 e. The molecular formula is C18H23ClN4O. The third-order valence-electron chi connectivity index (χ3n) is 4.25. The molecule has 0 amide bonds. The summed E-state index contributed by atoms with van der Waals surface area (Å²) in [6.45, 7) is 5.97. The van der Waals surface area contributed by atoms with E-state index < -0.39 is 0 Å². The molecule has 5 nitrogen and oxygen atoms in total. The number of aliphatic hydroxyl groups excluding tert-OH is 1. The Bertz CT molecular complexity index is 746. The number of rotatable bonds is 6. The number of aliphatic hydroxyl groups is 1. The van der Waals surface area contributed by atoms with Crippen LogP contribution < -0.4 is 10.6 Å². The number of anilines is 3. The van der Waals surface area contributed by atoms with Gasteiger partial charge in [-0.25, -0.2) is 4.98 Å². The predicted octanol–water partition coefficient (Wildman–Crippen LogP) is 4.16. The number of nitrogens with zero attached hydrogens (tertiary/aromatic N) is 2. The van der Waals surface area contributed by atoms with E-state index in [9.17, 15) is 5.11 Å². The summed E-state index contributed by atoms with van der Waals surface area (Å²) >= 11 is 6.25. The molecule has 0 spiro atoms. The number of hydrogen-bond acceptors (Lipinski definition) is 5. The maximum absolute atomic E-state index is 9.25. The Morgan fingerprint density at radius 1 is 1.29 bits per heavy atom. The second kappa shape index (κ2) is 6.95. The van der Waals surface area contributed by atoms with E-state index in [1.807, 2.05) is 39.0 Å². The SMILES string of the molecule is Cc1ccc(Cl)c(C)c1Nc1cc(C2CC2)nc(N[C@@H](C)CO)n1. The summed E-state index contributed by atoms with van der Waals surface area (Å²) in [5, 5.41) is 16.5. The summed E-state index contributed by atoms with van der Waals surface area (Å²) in [5.74, 6) is 1.80. The molecule has 1 aliphatic rings. The number of benzene rings is 1. The zero-order chi connectivity index (χ0) is 17.3. The largest absolute Gasteiger partial charge is 0.394 e. The van der Waals surface area contributed by atoms with E-state index in [0.717, 1.165) is 33.3 Å². The highest BCUT2D eigenvalue weighted by molar-refractivity contribution is 6.31. The average molecular weight is 347 g/mol. The first-order valence-corrected chi connectivity index (χ1v) is 8.65. The molecule has 0 bridgehead atoms. The molecule has 1 atom stereocenters. The minimum atomic E-state index is -0.0954. The molecule has 128 valence electrons. The molecule has 3 N–H and O–H groups in total. The van der Waals surface area contributed by atoms with Gasteiger partial charge in [0.2, 0.25) is 5.95 Å². The van der Waals surface area contributed by atoms with Crippen LogP contribution in [0, 0.1) is 13.8 Å². The lowest BCUT2D eigenvalue weighted by Crippen LogP contribution is -2.21. The van der Waals surface area contributed by atoms with Gasteiger partial charge in [-0.05, 0) is 50.8 Å². The van der Waals surface area contributed by atoms with Gasteiger partial charge in [-0.1, -0.05) is 17.7 Å². The molecule has 3 rings (SSSR count). The van der Waals surface area contributed by atoms with Crippen molar-refractivity contribution in [1.29, 1.82) is 0 Å². The van der Waals surface area contributed by atoms with Crippen LogP contribution in [0.5, 0.6) is 0 Å². The van der Waals surface area contributed by atoms with Gasteiger partial charge in [-0.15, -0.1) is 0 Å². The number of hydrogen-bond donors (Lipinski definition) is 3. The quantitative estimate of drug-likeness (QED) is 0.732. The van der Waals surface area contributed by atoms with Crippen LogP contribution >= 0.6 is 11.6 Å². The third kappa shape index (κ3) is 3.79. The van der Waals surface area contributed by atoms with Crippen molar-refractivity contribution >= 4 is 29.1 Å². The first-order valence-electron chi connectivity index (χ1n) is 8.27. The van der Waals surface area contributed by atoms with E-state index in [1.165, 1.54) is 12.8 Å². The minimum Gasteiger partial charge on any atom is -0.394 e. The standard InChI is InChI=1S/C18H23ClN4O/c1-10-4-7-14(19)12(3)17(10)22-16-8-15(13-5-6-13)21-18(23-16)20-11(2)9-24/h4,7-8,11,13,24H,5-6,9H2,1-3H3,(H2,20,21,22,23)/t11-/m0/s1. The predicted molar refractivity (Wildman–Crippen MR) is 98.4 cm³/mol. The summed E-state index contributed by atoms with van der Waals surface area (Å²) in [7, 11) is 0. The fourth-order valence-electron chi connectivity index (χ4n) is 2.59. The Kier molecular flexibility index (Phi) is 4.92. The normalized spacial score (nSPS) is 15.2. The van der Waals surface area contributed by atoms with Gasteiger partial charge >= 0.3 is 0 Å². The Morgan fingerprint density at radius 2 is 2.04 bits per heavy atom. The van der Waals surface area contributed by atoms with Crippen molar-refractivity contribution in [2.24, 2.45) is 0 Å². The zero-order valence-electron chi connectivity index (χ0n) is 14.2. The molecule has 1 fully saturated rings. The first kappa shape index (κ1) is 17.0. The maximum atomic E-state index is 9.25. The van der Waals surface area contributed by atoms with Crippen LogP contribution in [0.3, 0.4) is 0 Å². The lowest BCUT2D eigenvalue weighted by molar-refractivity contribution is 0.281. The van der Waals surface area contributed by atoms with Crippen LogP contribution in [0.2, 0.25) is 5.02 Å². The Hall–Kier alpha value is -1.85. The molecule has 24 heavy (non-hydrogen) atoms. The molecule has 1 saturated carbocycles. The van der Waals surface area contributed by atoms with E-state index in [0.29, 0.717) is 11.9 Å². The second-order valence-corrected chi connectivity index (χ2v) is 6.90. The third-order valence-corrected chi connectivity index (χ3v) is 4.66. The second-order valence-electron chi connectivity index (χ2n) is 6.49. The summed E-state index contributed by atoms with van der Waals surface area (Å²) in [6, 6.07) is 5.81. The monoisotopic (exact) mass is 346 g/mol. The van der Waals surface area contributed by atoms with Crippen molar-refractivity contribution in [3.8, 4) is 0 Å². The van der Waals surface area contributed by atoms with Crippen molar-refractivity contribution < 1.29 is 5.11 Å². The summed E-state index contributed by atoms with van der Waals surface area (Å²) in [4.78, 5) is 9.14. The highest BCUT2D eigenvalue weighted by Gasteiger charge is 2.26. The fourth-order valence-corrected chi connectivity index (χ4v) is 2.75. The van der Waals surface area contributed by atoms with Crippen LogP contribution in [0.1, 0.15) is 42.5 Å². The molecule has 0 aliphatic heterocycles. The molecule has 2 aromatic rings. The Labute approximate surface area is 147 Å². The van der Waals surface area contributed by atoms with Crippen LogP contribution in [-0.4, -0.2) is 27.7 Å². The van der Waals surface area contributed by atoms with Gasteiger partial charge in [-0.3, -0.25) is 0 Å². The van der Waals surface area contributed by atoms with E-state index in [1.54, 1.807) is 0 Å². The average Bonchev–Trinajstić information content (AvgIpc) is 3.40. The van der Waals surface area contributed by atoms with E-state index in [4.69, 9.17) is 11.6 Å². The van der Waals surface area contributed by atoms with Crippen LogP contribution in [0.15, 0.2) is 18.2 Å². The molecule has 0 radical (unpaired) electrons. The molecule has 1 aromatic heterocycles. The summed E-state index contributed by atoms with van der Waals surface area (Å²) in [6.07, 6.45) is 2.33. The van der Waals surface area contributed by atoms with Crippen LogP contribution in [0.4, 0.5) is 17.5 Å². The van der Waals surface area contributed by atoms with Crippen molar-refractivity contribution in [2.75, 3.05) is 17.2 Å². The highest BCUT2D eigenvalue weighted by atomic mass is 35.5. The molecule has 1 heterocycles. The van der Waals surface area contributed by atoms with Gasteiger partial charge in [0.25, 0.3) is 0 Å². The molecule has 0 saturated heterocycles. The van der Waals surface area contributed by atoms with Gasteiger partial charge in [0.15, 0.2) is 0 Å². The molecule has 1 aliphatic carbocycles. The van der Waals surface area contributed by atoms with E-state index in [2.05, 4.69) is 20.6 Å². The highest BCUT2D eigenvalue weighted by Crippen LogP contribution is 2.40. The van der Waals surface area contributed by atoms with E-state index in [-0.39, 0.29) is 12.6 Å². The number of nitrogens with one attached hydrogen (secondary N) is 2. The van der Waals surface area contributed by atoms with Crippen molar-refractivity contribution in [3.05, 3.63) is 40.0 Å². The first-order chi connectivity index (χ1) is 11.5. The van der Waals surface area contributed by atoms with Gasteiger partial charge in [0, 0.05) is 28.7 Å². The fraction of sp³-hybridized carbons (Fsp3) is 0.444. The lowest BCUT2D eigenvalue weighted by Gasteiger charge is -2.16. The topological polar surface area (TPSA) is 70.1 Å². The number of aryl methyl sites for hydroxylation is 1. The molecule has 1 aromatic carbocycles. The van der Waals surface area contributed by atoms with Crippen LogP contribution in [0.25, 0.3) is 0 Å². The number of halogens is 1. The van der Waals surface area contributed by atoms with Crippen molar-refractivity contribution in [2.45, 2.75) is 45.6 Å². The molecule has 0 unspecified atom stereocenters. The molecule has 6 heteroatoms.